The minimum Gasteiger partial charge on any atom is -0.497 e. The quantitative estimate of drug-likeness (QED) is 0.0327. The zero-order chi connectivity index (χ0) is 41.9. The molecule has 0 aliphatic carbocycles. The van der Waals surface area contributed by atoms with Gasteiger partial charge in [-0.05, 0) is 67.2 Å². The summed E-state index contributed by atoms with van der Waals surface area (Å²) >= 11 is 0. The first-order chi connectivity index (χ1) is 28.5. The van der Waals surface area contributed by atoms with Crippen LogP contribution in [0.25, 0.3) is 0 Å². The van der Waals surface area contributed by atoms with Crippen molar-refractivity contribution in [2.75, 3.05) is 20.3 Å². The highest BCUT2D eigenvalue weighted by atomic mass is 19.4. The largest absolute Gasteiger partial charge is 0.497 e. The van der Waals surface area contributed by atoms with E-state index < -0.39 is 78.6 Å². The minimum atomic E-state index is -4.99. The summed E-state index contributed by atoms with van der Waals surface area (Å²) in [5.74, 6) is -2.90. The lowest BCUT2D eigenvalue weighted by Crippen LogP contribution is -2.61. The Hall–Kier alpha value is -6.55. The molecule has 2 heterocycles. The molecule has 0 radical (unpaired) electrons. The topological polar surface area (TPSA) is 137 Å². The van der Waals surface area contributed by atoms with Gasteiger partial charge < -0.3 is 33.4 Å². The Labute approximate surface area is 336 Å². The molecular formula is C43H39F4N3O9. The molecule has 5 unspecified atom stereocenters. The van der Waals surface area contributed by atoms with Gasteiger partial charge in [-0.15, -0.1) is 0 Å². The molecular weight excluding hydrogens is 778 g/mol. The average Bonchev–Trinajstić information content (AvgIpc) is 3.59. The molecule has 0 bridgehead atoms. The Morgan fingerprint density at radius 3 is 1.86 bits per heavy atom. The number of alkyl halides is 4. The van der Waals surface area contributed by atoms with Crippen molar-refractivity contribution in [2.24, 2.45) is 4.99 Å². The van der Waals surface area contributed by atoms with Gasteiger partial charge in [0.25, 0.3) is 0 Å². The number of nitrogens with zero attached hydrogens (tertiary/aromatic N) is 3. The van der Waals surface area contributed by atoms with E-state index in [-0.39, 0.29) is 42.6 Å². The van der Waals surface area contributed by atoms with E-state index in [4.69, 9.17) is 28.4 Å². The SMILES string of the molecule is C=NCCCn1nc(C(F)(F)F)c(Cc2ccc(OC)cc2)c1OC1OC(COC(=O)c2ccccc2)C(F)C(OC(=O)c2ccccc2)C1OC(=O)c1ccccc1. The number of halogens is 4. The van der Waals surface area contributed by atoms with Crippen LogP contribution in [0.1, 0.15) is 54.3 Å². The van der Waals surface area contributed by atoms with Crippen LogP contribution in [0, 0.1) is 0 Å². The average molecular weight is 818 g/mol. The normalized spacial score (nSPS) is 19.0. The molecule has 1 saturated heterocycles. The minimum absolute atomic E-state index is 0.00866. The summed E-state index contributed by atoms with van der Waals surface area (Å²) < 4.78 is 96.9. The highest BCUT2D eigenvalue weighted by Gasteiger charge is 2.53. The lowest BCUT2D eigenvalue weighted by atomic mass is 9.99. The van der Waals surface area contributed by atoms with Gasteiger partial charge in [0.05, 0.1) is 29.4 Å². The third-order valence-corrected chi connectivity index (χ3v) is 9.18. The highest BCUT2D eigenvalue weighted by molar-refractivity contribution is 5.90. The van der Waals surface area contributed by atoms with Crippen molar-refractivity contribution in [3.63, 3.8) is 0 Å². The monoisotopic (exact) mass is 817 g/mol. The lowest BCUT2D eigenvalue weighted by Gasteiger charge is -2.42. The van der Waals surface area contributed by atoms with Crippen molar-refractivity contribution in [1.29, 1.82) is 0 Å². The fourth-order valence-corrected chi connectivity index (χ4v) is 6.24. The number of aliphatic imine (C=N–C) groups is 1. The number of benzene rings is 4. The molecule has 16 heteroatoms. The summed E-state index contributed by atoms with van der Waals surface area (Å²) in [5.41, 5.74) is -1.15. The van der Waals surface area contributed by atoms with Crippen molar-refractivity contribution < 1.29 is 60.4 Å². The Morgan fingerprint density at radius 1 is 0.797 bits per heavy atom. The molecule has 5 atom stereocenters. The molecule has 1 aliphatic heterocycles. The molecule has 0 amide bonds. The van der Waals surface area contributed by atoms with Gasteiger partial charge in [0, 0.05) is 19.5 Å². The fourth-order valence-electron chi connectivity index (χ4n) is 6.24. The van der Waals surface area contributed by atoms with Crippen LogP contribution in [0.15, 0.2) is 120 Å². The molecule has 1 aliphatic rings. The molecule has 0 saturated carbocycles. The smallest absolute Gasteiger partial charge is 0.435 e. The van der Waals surface area contributed by atoms with Crippen molar-refractivity contribution in [1.82, 2.24) is 9.78 Å². The Kier molecular flexibility index (Phi) is 13.7. The summed E-state index contributed by atoms with van der Waals surface area (Å²) in [6.45, 7) is 2.66. The van der Waals surface area contributed by atoms with Crippen molar-refractivity contribution >= 4 is 24.6 Å². The van der Waals surface area contributed by atoms with Gasteiger partial charge in [0.2, 0.25) is 18.3 Å². The number of aryl methyl sites for hydroxylation is 1. The van der Waals surface area contributed by atoms with E-state index in [1.54, 1.807) is 78.9 Å². The van der Waals surface area contributed by atoms with Crippen LogP contribution >= 0.6 is 0 Å². The van der Waals surface area contributed by atoms with Gasteiger partial charge in [-0.2, -0.15) is 18.3 Å². The van der Waals surface area contributed by atoms with E-state index in [0.717, 1.165) is 4.68 Å². The zero-order valence-corrected chi connectivity index (χ0v) is 31.6. The van der Waals surface area contributed by atoms with Gasteiger partial charge in [-0.1, -0.05) is 66.7 Å². The van der Waals surface area contributed by atoms with Crippen molar-refractivity contribution in [3.8, 4) is 11.6 Å². The van der Waals surface area contributed by atoms with Crippen LogP contribution in [0.5, 0.6) is 11.6 Å². The second-order valence-electron chi connectivity index (χ2n) is 13.2. The summed E-state index contributed by atoms with van der Waals surface area (Å²) in [4.78, 5) is 44.0. The number of ether oxygens (including phenoxy) is 6. The standard InChI is InChI=1S/C43H39F4N3O9/c1-48-23-12-24-50-38(32(37(49-50)43(45,46)47)25-27-19-21-31(54-2)22-20-27)59-42-36(58-41(53)30-17-10-5-11-18-30)35(57-40(52)29-15-8-4-9-16-29)34(44)33(56-42)26-55-39(51)28-13-6-3-7-14-28/h3-11,13-22,33-36,42H,1,12,23-26H2,2H3. The summed E-state index contributed by atoms with van der Waals surface area (Å²) in [7, 11) is 1.44. The first-order valence-corrected chi connectivity index (χ1v) is 18.4. The lowest BCUT2D eigenvalue weighted by molar-refractivity contribution is -0.265. The van der Waals surface area contributed by atoms with E-state index in [0.29, 0.717) is 11.3 Å². The number of hydrogen-bond donors (Lipinski definition) is 0. The molecule has 1 fully saturated rings. The molecule has 1 aromatic heterocycles. The molecule has 308 valence electrons. The highest BCUT2D eigenvalue weighted by Crippen LogP contribution is 2.40. The number of methoxy groups -OCH3 is 1. The number of aromatic nitrogens is 2. The van der Waals surface area contributed by atoms with Crippen molar-refractivity contribution in [3.05, 3.63) is 149 Å². The Balaban J connectivity index is 1.45. The maximum Gasteiger partial charge on any atom is 0.435 e. The van der Waals surface area contributed by atoms with Crippen LogP contribution in [0.4, 0.5) is 17.6 Å². The number of esters is 3. The van der Waals surface area contributed by atoms with Crippen LogP contribution < -0.4 is 9.47 Å². The molecule has 4 aromatic carbocycles. The summed E-state index contributed by atoms with van der Waals surface area (Å²) in [6.07, 6.45) is -15.2. The second kappa shape index (κ2) is 19.3. The van der Waals surface area contributed by atoms with E-state index in [1.165, 1.54) is 43.5 Å². The van der Waals surface area contributed by atoms with E-state index in [2.05, 4.69) is 16.8 Å². The molecule has 12 nitrogen and oxygen atoms in total. The third-order valence-electron chi connectivity index (χ3n) is 9.18. The first kappa shape index (κ1) is 42.1. The molecule has 6 rings (SSSR count). The van der Waals surface area contributed by atoms with Crippen LogP contribution in [-0.2, 0) is 38.1 Å². The first-order valence-electron chi connectivity index (χ1n) is 18.4. The predicted molar refractivity (Wildman–Crippen MR) is 204 cm³/mol. The van der Waals surface area contributed by atoms with Crippen LogP contribution in [0.3, 0.4) is 0 Å². The molecule has 0 N–H and O–H groups in total. The van der Waals surface area contributed by atoms with Gasteiger partial charge in [0.15, 0.2) is 18.0 Å². The maximum absolute atomic E-state index is 16.9. The van der Waals surface area contributed by atoms with Gasteiger partial charge in [-0.25, -0.2) is 23.5 Å². The zero-order valence-electron chi connectivity index (χ0n) is 31.6. The van der Waals surface area contributed by atoms with Crippen LogP contribution in [-0.4, -0.2) is 85.4 Å². The third kappa shape index (κ3) is 10.5. The maximum atomic E-state index is 16.9. The van der Waals surface area contributed by atoms with Gasteiger partial charge in [0.1, 0.15) is 18.5 Å². The molecule has 59 heavy (non-hydrogen) atoms. The summed E-state index contributed by atoms with van der Waals surface area (Å²) in [6, 6.07) is 29.2. The summed E-state index contributed by atoms with van der Waals surface area (Å²) in [5, 5.41) is 3.90. The number of rotatable bonds is 16. The Morgan fingerprint density at radius 2 is 1.34 bits per heavy atom. The number of carbonyl (C=O) groups excluding carboxylic acids is 3. The van der Waals surface area contributed by atoms with E-state index in [1.807, 2.05) is 0 Å². The van der Waals surface area contributed by atoms with Gasteiger partial charge in [-0.3, -0.25) is 0 Å². The second-order valence-corrected chi connectivity index (χ2v) is 13.2. The Bertz CT molecular complexity index is 2190. The molecule has 5 aromatic rings. The van der Waals surface area contributed by atoms with E-state index >= 15 is 4.39 Å². The van der Waals surface area contributed by atoms with Crippen LogP contribution in [0.2, 0.25) is 0 Å². The van der Waals surface area contributed by atoms with E-state index in [9.17, 15) is 27.6 Å². The number of carbonyl (C=O) groups is 3. The van der Waals surface area contributed by atoms with Gasteiger partial charge >= 0.3 is 24.1 Å². The predicted octanol–water partition coefficient (Wildman–Crippen LogP) is 7.34. The molecule has 0 spiro atoms. The number of hydrogen-bond acceptors (Lipinski definition) is 11. The van der Waals surface area contributed by atoms with Crippen molar-refractivity contribution in [2.45, 2.75) is 56.3 Å². The fraction of sp³-hybridized carbons (Fsp3) is 0.279.